The summed E-state index contributed by atoms with van der Waals surface area (Å²) in [6.07, 6.45) is 1.65. The summed E-state index contributed by atoms with van der Waals surface area (Å²) in [6.45, 7) is 0.759. The molecule has 0 aliphatic rings. The third-order valence-corrected chi connectivity index (χ3v) is 3.32. The van der Waals surface area contributed by atoms with Gasteiger partial charge in [0.15, 0.2) is 0 Å². The van der Waals surface area contributed by atoms with Gasteiger partial charge in [-0.2, -0.15) is 0 Å². The number of nitrogens with zero attached hydrogens (tertiary/aromatic N) is 3. The molecule has 1 aromatic heterocycles. The third-order valence-electron chi connectivity index (χ3n) is 2.37. The van der Waals surface area contributed by atoms with Crippen molar-refractivity contribution >= 4 is 33.3 Å². The first-order valence-corrected chi connectivity index (χ1v) is 6.27. The molecule has 88 valence electrons. The Morgan fingerprint density at radius 3 is 2.76 bits per heavy atom. The van der Waals surface area contributed by atoms with Crippen LogP contribution in [0, 0.1) is 0 Å². The molecule has 3 nitrogen and oxygen atoms in total. The van der Waals surface area contributed by atoms with Gasteiger partial charge in [0.2, 0.25) is 5.28 Å². The van der Waals surface area contributed by atoms with E-state index in [9.17, 15) is 0 Å². The van der Waals surface area contributed by atoms with Gasteiger partial charge in [0.1, 0.15) is 5.82 Å². The molecule has 0 bridgehead atoms. The molecule has 17 heavy (non-hydrogen) atoms. The number of aromatic nitrogens is 2. The summed E-state index contributed by atoms with van der Waals surface area (Å²) in [6, 6.07) is 9.94. The van der Waals surface area contributed by atoms with Gasteiger partial charge in [-0.05, 0) is 29.3 Å². The van der Waals surface area contributed by atoms with Crippen molar-refractivity contribution in [2.75, 3.05) is 11.9 Å². The van der Waals surface area contributed by atoms with Gasteiger partial charge in [0.05, 0.1) is 0 Å². The third kappa shape index (κ3) is 3.17. The van der Waals surface area contributed by atoms with Crippen LogP contribution in [0.3, 0.4) is 0 Å². The standard InChI is InChI=1S/C12H11BrClN3/c1-17(11-6-7-15-12(14)16-11)8-9-4-2-3-5-10(9)13/h2-7H,8H2,1H3. The number of benzene rings is 1. The number of hydrogen-bond acceptors (Lipinski definition) is 3. The average molecular weight is 313 g/mol. The number of rotatable bonds is 3. The van der Waals surface area contributed by atoms with Gasteiger partial charge in [0, 0.05) is 24.3 Å². The Kier molecular flexibility index (Phi) is 3.97. The molecular formula is C12H11BrClN3. The predicted octanol–water partition coefficient (Wildman–Crippen LogP) is 3.53. The summed E-state index contributed by atoms with van der Waals surface area (Å²) in [7, 11) is 1.97. The lowest BCUT2D eigenvalue weighted by molar-refractivity contribution is 0.887. The van der Waals surface area contributed by atoms with Gasteiger partial charge in [-0.3, -0.25) is 0 Å². The van der Waals surface area contributed by atoms with Crippen LogP contribution >= 0.6 is 27.5 Å². The van der Waals surface area contributed by atoms with E-state index < -0.39 is 0 Å². The van der Waals surface area contributed by atoms with Crippen LogP contribution in [0.2, 0.25) is 5.28 Å². The molecular weight excluding hydrogens is 302 g/mol. The molecule has 5 heteroatoms. The molecule has 1 heterocycles. The van der Waals surface area contributed by atoms with Crippen molar-refractivity contribution in [2.45, 2.75) is 6.54 Å². The van der Waals surface area contributed by atoms with Gasteiger partial charge in [-0.25, -0.2) is 9.97 Å². The Bertz CT molecular complexity index is 519. The zero-order valence-electron chi connectivity index (χ0n) is 9.27. The van der Waals surface area contributed by atoms with E-state index in [0.717, 1.165) is 16.8 Å². The largest absolute Gasteiger partial charge is 0.355 e. The van der Waals surface area contributed by atoms with Gasteiger partial charge >= 0.3 is 0 Å². The molecule has 2 aromatic rings. The van der Waals surface area contributed by atoms with E-state index in [4.69, 9.17) is 11.6 Å². The maximum absolute atomic E-state index is 5.77. The second-order valence-corrected chi connectivity index (χ2v) is 4.82. The monoisotopic (exact) mass is 311 g/mol. The second kappa shape index (κ2) is 5.47. The van der Waals surface area contributed by atoms with Crippen molar-refractivity contribution in [3.8, 4) is 0 Å². The van der Waals surface area contributed by atoms with Crippen LogP contribution in [0.15, 0.2) is 41.0 Å². The Labute approximate surface area is 114 Å². The Hall–Kier alpha value is -1.13. The highest BCUT2D eigenvalue weighted by Gasteiger charge is 2.06. The molecule has 0 saturated heterocycles. The van der Waals surface area contributed by atoms with Crippen molar-refractivity contribution in [1.82, 2.24) is 9.97 Å². The normalized spacial score (nSPS) is 10.3. The molecule has 2 rings (SSSR count). The van der Waals surface area contributed by atoms with Crippen LogP contribution in [0.5, 0.6) is 0 Å². The van der Waals surface area contributed by atoms with Crippen molar-refractivity contribution < 1.29 is 0 Å². The first kappa shape index (κ1) is 12.3. The first-order valence-electron chi connectivity index (χ1n) is 5.10. The van der Waals surface area contributed by atoms with E-state index in [-0.39, 0.29) is 5.28 Å². The number of halogens is 2. The van der Waals surface area contributed by atoms with Crippen LogP contribution < -0.4 is 4.90 Å². The lowest BCUT2D eigenvalue weighted by atomic mass is 10.2. The predicted molar refractivity (Wildman–Crippen MR) is 73.3 cm³/mol. The van der Waals surface area contributed by atoms with E-state index in [1.807, 2.05) is 36.2 Å². The van der Waals surface area contributed by atoms with E-state index >= 15 is 0 Å². The van der Waals surface area contributed by atoms with E-state index in [2.05, 4.69) is 32.0 Å². The highest BCUT2D eigenvalue weighted by atomic mass is 79.9. The summed E-state index contributed by atoms with van der Waals surface area (Å²) >= 11 is 9.29. The Morgan fingerprint density at radius 2 is 2.06 bits per heavy atom. The molecule has 0 amide bonds. The molecule has 0 saturated carbocycles. The Morgan fingerprint density at radius 1 is 1.29 bits per heavy atom. The minimum absolute atomic E-state index is 0.265. The minimum atomic E-state index is 0.265. The molecule has 1 aromatic carbocycles. The maximum Gasteiger partial charge on any atom is 0.224 e. The van der Waals surface area contributed by atoms with Crippen LogP contribution in [-0.2, 0) is 6.54 Å². The summed E-state index contributed by atoms with van der Waals surface area (Å²) in [5.74, 6) is 0.806. The summed E-state index contributed by atoms with van der Waals surface area (Å²) in [4.78, 5) is 10.1. The quantitative estimate of drug-likeness (QED) is 0.812. The van der Waals surface area contributed by atoms with Crippen LogP contribution in [0.1, 0.15) is 5.56 Å². The zero-order valence-corrected chi connectivity index (χ0v) is 11.6. The van der Waals surface area contributed by atoms with Crippen molar-refractivity contribution in [1.29, 1.82) is 0 Å². The summed E-state index contributed by atoms with van der Waals surface area (Å²) < 4.78 is 1.09. The van der Waals surface area contributed by atoms with Crippen molar-refractivity contribution in [3.05, 3.63) is 51.8 Å². The molecule has 0 aliphatic heterocycles. The fourth-order valence-electron chi connectivity index (χ4n) is 1.50. The highest BCUT2D eigenvalue weighted by Crippen LogP contribution is 2.20. The number of hydrogen-bond donors (Lipinski definition) is 0. The average Bonchev–Trinajstić information content (AvgIpc) is 2.32. The fraction of sp³-hybridized carbons (Fsp3) is 0.167. The molecule has 0 atom stereocenters. The van der Waals surface area contributed by atoms with Gasteiger partial charge in [-0.15, -0.1) is 0 Å². The van der Waals surface area contributed by atoms with Crippen molar-refractivity contribution in [3.63, 3.8) is 0 Å². The van der Waals surface area contributed by atoms with Crippen molar-refractivity contribution in [2.24, 2.45) is 0 Å². The van der Waals surface area contributed by atoms with E-state index in [1.54, 1.807) is 6.20 Å². The topological polar surface area (TPSA) is 29.0 Å². The lowest BCUT2D eigenvalue weighted by Gasteiger charge is -2.18. The molecule has 0 aliphatic carbocycles. The fourth-order valence-corrected chi connectivity index (χ4v) is 2.05. The summed E-state index contributed by atoms with van der Waals surface area (Å²) in [5.41, 5.74) is 1.20. The molecule has 0 unspecified atom stereocenters. The highest BCUT2D eigenvalue weighted by molar-refractivity contribution is 9.10. The lowest BCUT2D eigenvalue weighted by Crippen LogP contribution is -2.18. The molecule has 0 spiro atoms. The van der Waals surface area contributed by atoms with Crippen LogP contribution in [0.4, 0.5) is 5.82 Å². The van der Waals surface area contributed by atoms with E-state index in [0.29, 0.717) is 0 Å². The summed E-state index contributed by atoms with van der Waals surface area (Å²) in [5, 5.41) is 0.265. The second-order valence-electron chi connectivity index (χ2n) is 3.63. The zero-order chi connectivity index (χ0) is 12.3. The SMILES string of the molecule is CN(Cc1ccccc1Br)c1ccnc(Cl)n1. The Balaban J connectivity index is 2.17. The number of anilines is 1. The van der Waals surface area contributed by atoms with Crippen LogP contribution in [0.25, 0.3) is 0 Å². The molecule has 0 fully saturated rings. The van der Waals surface area contributed by atoms with E-state index in [1.165, 1.54) is 5.56 Å². The van der Waals surface area contributed by atoms with Gasteiger partial charge < -0.3 is 4.90 Å². The smallest absolute Gasteiger partial charge is 0.224 e. The minimum Gasteiger partial charge on any atom is -0.355 e. The molecule has 0 radical (unpaired) electrons. The van der Waals surface area contributed by atoms with Gasteiger partial charge in [0.25, 0.3) is 0 Å². The van der Waals surface area contributed by atoms with Gasteiger partial charge in [-0.1, -0.05) is 34.1 Å². The molecule has 0 N–H and O–H groups in total. The van der Waals surface area contributed by atoms with Crippen LogP contribution in [-0.4, -0.2) is 17.0 Å². The first-order chi connectivity index (χ1) is 8.16. The maximum atomic E-state index is 5.77.